The molecule has 0 spiro atoms. The maximum atomic E-state index is 9.70. The van der Waals surface area contributed by atoms with Gasteiger partial charge >= 0.3 is 0 Å². The van der Waals surface area contributed by atoms with E-state index in [0.717, 1.165) is 6.42 Å². The van der Waals surface area contributed by atoms with Crippen molar-refractivity contribution in [2.24, 2.45) is 11.8 Å². The molecule has 1 aliphatic rings. The van der Waals surface area contributed by atoms with Crippen LogP contribution in [0.2, 0.25) is 0 Å². The highest BCUT2D eigenvalue weighted by atomic mass is 16.3. The number of hydrogen-bond donors (Lipinski definition) is 1. The standard InChI is InChI=1S/C10H18O/c1-8(2)10(11)9-6-4-3-5-7-9/h4,6,8-11H,3,5,7H2,1-2H3/t9-,10+/m1/s1. The summed E-state index contributed by atoms with van der Waals surface area (Å²) >= 11 is 0. The van der Waals surface area contributed by atoms with E-state index in [9.17, 15) is 5.11 Å². The monoisotopic (exact) mass is 154 g/mol. The summed E-state index contributed by atoms with van der Waals surface area (Å²) < 4.78 is 0. The van der Waals surface area contributed by atoms with E-state index >= 15 is 0 Å². The highest BCUT2D eigenvalue weighted by Gasteiger charge is 2.20. The van der Waals surface area contributed by atoms with Crippen molar-refractivity contribution in [2.45, 2.75) is 39.2 Å². The number of allylic oxidation sites excluding steroid dienone is 1. The lowest BCUT2D eigenvalue weighted by molar-refractivity contribution is 0.0780. The second kappa shape index (κ2) is 3.91. The van der Waals surface area contributed by atoms with Crippen molar-refractivity contribution in [1.82, 2.24) is 0 Å². The van der Waals surface area contributed by atoms with Crippen LogP contribution in [0.4, 0.5) is 0 Å². The summed E-state index contributed by atoms with van der Waals surface area (Å²) in [7, 11) is 0. The zero-order valence-electron chi connectivity index (χ0n) is 7.46. The second-order valence-electron chi connectivity index (χ2n) is 3.76. The second-order valence-corrected chi connectivity index (χ2v) is 3.76. The first-order valence-electron chi connectivity index (χ1n) is 4.56. The third kappa shape index (κ3) is 2.33. The zero-order chi connectivity index (χ0) is 8.27. The van der Waals surface area contributed by atoms with Crippen LogP contribution < -0.4 is 0 Å². The van der Waals surface area contributed by atoms with Crippen LogP contribution in [0.25, 0.3) is 0 Å². The van der Waals surface area contributed by atoms with Gasteiger partial charge in [-0.05, 0) is 25.2 Å². The van der Waals surface area contributed by atoms with E-state index in [2.05, 4.69) is 26.0 Å². The van der Waals surface area contributed by atoms with E-state index in [-0.39, 0.29) is 6.10 Å². The van der Waals surface area contributed by atoms with Gasteiger partial charge < -0.3 is 5.11 Å². The highest BCUT2D eigenvalue weighted by molar-refractivity contribution is 4.96. The molecule has 0 radical (unpaired) electrons. The number of hydrogen-bond acceptors (Lipinski definition) is 1. The van der Waals surface area contributed by atoms with Crippen LogP contribution in [0.1, 0.15) is 33.1 Å². The molecular formula is C10H18O. The minimum atomic E-state index is -0.133. The zero-order valence-corrected chi connectivity index (χ0v) is 7.46. The van der Waals surface area contributed by atoms with Gasteiger partial charge in [-0.2, -0.15) is 0 Å². The summed E-state index contributed by atoms with van der Waals surface area (Å²) in [6.07, 6.45) is 7.84. The van der Waals surface area contributed by atoms with Gasteiger partial charge in [-0.15, -0.1) is 0 Å². The Labute approximate surface area is 69.1 Å². The van der Waals surface area contributed by atoms with Crippen LogP contribution in [0.3, 0.4) is 0 Å². The van der Waals surface area contributed by atoms with E-state index < -0.39 is 0 Å². The van der Waals surface area contributed by atoms with Gasteiger partial charge in [-0.3, -0.25) is 0 Å². The van der Waals surface area contributed by atoms with Gasteiger partial charge in [0.25, 0.3) is 0 Å². The molecule has 0 amide bonds. The minimum Gasteiger partial charge on any atom is -0.392 e. The van der Waals surface area contributed by atoms with Gasteiger partial charge in [0.1, 0.15) is 0 Å². The molecule has 0 aromatic rings. The summed E-state index contributed by atoms with van der Waals surface area (Å²) in [6, 6.07) is 0. The molecule has 0 aliphatic heterocycles. The first kappa shape index (κ1) is 8.79. The van der Waals surface area contributed by atoms with Gasteiger partial charge in [0.15, 0.2) is 0 Å². The molecule has 0 bridgehead atoms. The Bertz CT molecular complexity index is 138. The van der Waals surface area contributed by atoms with Crippen LogP contribution in [-0.2, 0) is 0 Å². The summed E-state index contributed by atoms with van der Waals surface area (Å²) in [6.45, 7) is 4.15. The molecule has 1 aliphatic carbocycles. The van der Waals surface area contributed by atoms with Crippen LogP contribution in [0, 0.1) is 11.8 Å². The molecule has 64 valence electrons. The van der Waals surface area contributed by atoms with Crippen molar-refractivity contribution in [2.75, 3.05) is 0 Å². The Kier molecular flexibility index (Phi) is 3.13. The molecule has 0 aromatic heterocycles. The Morgan fingerprint density at radius 1 is 1.45 bits per heavy atom. The maximum Gasteiger partial charge on any atom is 0.0625 e. The summed E-state index contributed by atoms with van der Waals surface area (Å²) in [5.74, 6) is 0.812. The topological polar surface area (TPSA) is 20.2 Å². The van der Waals surface area contributed by atoms with Crippen molar-refractivity contribution < 1.29 is 5.11 Å². The van der Waals surface area contributed by atoms with Crippen molar-refractivity contribution in [1.29, 1.82) is 0 Å². The molecule has 1 nitrogen and oxygen atoms in total. The molecule has 1 N–H and O–H groups in total. The molecule has 1 rings (SSSR count). The lowest BCUT2D eigenvalue weighted by Crippen LogP contribution is -2.25. The molecule has 11 heavy (non-hydrogen) atoms. The van der Waals surface area contributed by atoms with Crippen LogP contribution in [0.15, 0.2) is 12.2 Å². The number of aliphatic hydroxyl groups excluding tert-OH is 1. The van der Waals surface area contributed by atoms with E-state index in [1.165, 1.54) is 12.8 Å². The average molecular weight is 154 g/mol. The molecule has 0 saturated heterocycles. The first-order valence-corrected chi connectivity index (χ1v) is 4.56. The van der Waals surface area contributed by atoms with Crippen molar-refractivity contribution in [3.63, 3.8) is 0 Å². The summed E-state index contributed by atoms with van der Waals surface area (Å²) in [4.78, 5) is 0. The van der Waals surface area contributed by atoms with Crippen molar-refractivity contribution >= 4 is 0 Å². The first-order chi connectivity index (χ1) is 5.22. The molecule has 0 saturated carbocycles. The Morgan fingerprint density at radius 2 is 2.18 bits per heavy atom. The fourth-order valence-electron chi connectivity index (χ4n) is 1.62. The minimum absolute atomic E-state index is 0.133. The van der Waals surface area contributed by atoms with Crippen molar-refractivity contribution in [3.8, 4) is 0 Å². The number of aliphatic hydroxyl groups is 1. The quantitative estimate of drug-likeness (QED) is 0.605. The average Bonchev–Trinajstić information content (AvgIpc) is 2.05. The smallest absolute Gasteiger partial charge is 0.0625 e. The van der Waals surface area contributed by atoms with Gasteiger partial charge in [0.05, 0.1) is 6.10 Å². The van der Waals surface area contributed by atoms with E-state index in [0.29, 0.717) is 11.8 Å². The fraction of sp³-hybridized carbons (Fsp3) is 0.800. The number of rotatable bonds is 2. The maximum absolute atomic E-state index is 9.70. The summed E-state index contributed by atoms with van der Waals surface area (Å²) in [5.41, 5.74) is 0. The molecule has 0 heterocycles. The normalized spacial score (nSPS) is 27.5. The van der Waals surface area contributed by atoms with Crippen LogP contribution >= 0.6 is 0 Å². The predicted molar refractivity (Wildman–Crippen MR) is 47.3 cm³/mol. The Hall–Kier alpha value is -0.300. The van der Waals surface area contributed by atoms with E-state index in [1.54, 1.807) is 0 Å². The fourth-order valence-corrected chi connectivity index (χ4v) is 1.62. The lowest BCUT2D eigenvalue weighted by atomic mass is 9.86. The largest absolute Gasteiger partial charge is 0.392 e. The van der Waals surface area contributed by atoms with Crippen LogP contribution in [0.5, 0.6) is 0 Å². The van der Waals surface area contributed by atoms with Gasteiger partial charge in [0, 0.05) is 5.92 Å². The van der Waals surface area contributed by atoms with Gasteiger partial charge in [0.2, 0.25) is 0 Å². The lowest BCUT2D eigenvalue weighted by Gasteiger charge is -2.24. The molecule has 0 unspecified atom stereocenters. The predicted octanol–water partition coefficient (Wildman–Crippen LogP) is 2.36. The third-order valence-corrected chi connectivity index (χ3v) is 2.41. The molecule has 0 aromatic carbocycles. The SMILES string of the molecule is CC(C)[C@H](O)[C@@H]1C=CCCC1. The van der Waals surface area contributed by atoms with E-state index in [1.807, 2.05) is 0 Å². The van der Waals surface area contributed by atoms with Crippen LogP contribution in [-0.4, -0.2) is 11.2 Å². The van der Waals surface area contributed by atoms with Gasteiger partial charge in [-0.25, -0.2) is 0 Å². The molecule has 2 atom stereocenters. The molecule has 0 fully saturated rings. The summed E-state index contributed by atoms with van der Waals surface area (Å²) in [5, 5.41) is 9.70. The van der Waals surface area contributed by atoms with Crippen molar-refractivity contribution in [3.05, 3.63) is 12.2 Å². The Balaban J connectivity index is 2.45. The molecular weight excluding hydrogens is 136 g/mol. The Morgan fingerprint density at radius 3 is 2.64 bits per heavy atom. The van der Waals surface area contributed by atoms with E-state index in [4.69, 9.17) is 0 Å². The molecule has 1 heteroatoms. The van der Waals surface area contributed by atoms with Gasteiger partial charge in [-0.1, -0.05) is 26.0 Å². The third-order valence-electron chi connectivity index (χ3n) is 2.41. The highest BCUT2D eigenvalue weighted by Crippen LogP contribution is 2.23.